The molecule has 0 bridgehead atoms. The van der Waals surface area contributed by atoms with Crippen LogP contribution in [0, 0.1) is 12.8 Å². The van der Waals surface area contributed by atoms with Crippen molar-refractivity contribution in [2.24, 2.45) is 5.92 Å². The molecule has 0 fully saturated rings. The molecule has 1 atom stereocenters. The third-order valence-corrected chi connectivity index (χ3v) is 2.96. The zero-order valence-electron chi connectivity index (χ0n) is 10.5. The normalized spacial score (nSPS) is 13.1. The second-order valence-electron chi connectivity index (χ2n) is 4.70. The predicted molar refractivity (Wildman–Crippen MR) is 68.3 cm³/mol. The van der Waals surface area contributed by atoms with E-state index in [0.717, 1.165) is 19.5 Å². The minimum atomic E-state index is -0.190. The first kappa shape index (κ1) is 13.2. The fourth-order valence-electron chi connectivity index (χ4n) is 1.61. The van der Waals surface area contributed by atoms with E-state index >= 15 is 0 Å². The Labute approximate surface area is 98.7 Å². The monoisotopic (exact) mass is 221 g/mol. The van der Waals surface area contributed by atoms with Gasteiger partial charge in [-0.3, -0.25) is 0 Å². The maximum atomic E-state index is 9.64. The summed E-state index contributed by atoms with van der Waals surface area (Å²) in [5, 5.41) is 13.0. The van der Waals surface area contributed by atoms with Crippen molar-refractivity contribution in [2.45, 2.75) is 39.8 Å². The summed E-state index contributed by atoms with van der Waals surface area (Å²) in [7, 11) is 0. The standard InChI is InChI=1S/C14H23NO/c1-11(2)14(16)8-9-15-10-13-7-5-4-6-12(13)3/h4-7,11,14-16H,8-10H2,1-3H3. The molecule has 1 unspecified atom stereocenters. The molecule has 0 aliphatic heterocycles. The van der Waals surface area contributed by atoms with Crippen molar-refractivity contribution in [3.8, 4) is 0 Å². The Morgan fingerprint density at radius 2 is 1.94 bits per heavy atom. The quantitative estimate of drug-likeness (QED) is 0.723. The molecule has 0 heterocycles. The van der Waals surface area contributed by atoms with Crippen LogP contribution in [0.25, 0.3) is 0 Å². The molecule has 0 saturated carbocycles. The van der Waals surface area contributed by atoms with Crippen molar-refractivity contribution in [2.75, 3.05) is 6.54 Å². The minimum absolute atomic E-state index is 0.190. The van der Waals surface area contributed by atoms with Gasteiger partial charge in [-0.05, 0) is 36.9 Å². The molecular formula is C14H23NO. The van der Waals surface area contributed by atoms with Gasteiger partial charge in [-0.25, -0.2) is 0 Å². The molecule has 0 spiro atoms. The lowest BCUT2D eigenvalue weighted by atomic mass is 10.0. The van der Waals surface area contributed by atoms with Crippen LogP contribution in [0.4, 0.5) is 0 Å². The Kier molecular flexibility index (Phi) is 5.50. The smallest absolute Gasteiger partial charge is 0.0575 e. The van der Waals surface area contributed by atoms with E-state index < -0.39 is 0 Å². The highest BCUT2D eigenvalue weighted by Crippen LogP contribution is 2.07. The maximum absolute atomic E-state index is 9.64. The molecular weight excluding hydrogens is 198 g/mol. The summed E-state index contributed by atoms with van der Waals surface area (Å²) in [6.07, 6.45) is 0.633. The number of aliphatic hydroxyl groups is 1. The number of hydrogen-bond acceptors (Lipinski definition) is 2. The van der Waals surface area contributed by atoms with Crippen molar-refractivity contribution >= 4 is 0 Å². The molecule has 16 heavy (non-hydrogen) atoms. The Morgan fingerprint density at radius 1 is 1.25 bits per heavy atom. The van der Waals surface area contributed by atoms with E-state index in [0.29, 0.717) is 5.92 Å². The first-order valence-corrected chi connectivity index (χ1v) is 6.04. The van der Waals surface area contributed by atoms with Gasteiger partial charge in [-0.2, -0.15) is 0 Å². The number of benzene rings is 1. The van der Waals surface area contributed by atoms with Crippen LogP contribution in [0.5, 0.6) is 0 Å². The number of aliphatic hydroxyl groups excluding tert-OH is 1. The molecule has 2 nitrogen and oxygen atoms in total. The van der Waals surface area contributed by atoms with E-state index in [2.05, 4.69) is 36.5 Å². The summed E-state index contributed by atoms with van der Waals surface area (Å²) >= 11 is 0. The Morgan fingerprint density at radius 3 is 2.56 bits per heavy atom. The lowest BCUT2D eigenvalue weighted by Crippen LogP contribution is -2.23. The van der Waals surface area contributed by atoms with E-state index in [-0.39, 0.29) is 6.10 Å². The van der Waals surface area contributed by atoms with Crippen LogP contribution in [0.1, 0.15) is 31.4 Å². The van der Waals surface area contributed by atoms with Crippen LogP contribution in [0.3, 0.4) is 0 Å². The molecule has 0 aromatic heterocycles. The minimum Gasteiger partial charge on any atom is -0.393 e. The molecule has 90 valence electrons. The van der Waals surface area contributed by atoms with Crippen LogP contribution in [0.2, 0.25) is 0 Å². The lowest BCUT2D eigenvalue weighted by Gasteiger charge is -2.14. The summed E-state index contributed by atoms with van der Waals surface area (Å²) in [5.41, 5.74) is 2.65. The second kappa shape index (κ2) is 6.66. The third kappa shape index (κ3) is 4.33. The number of nitrogens with one attached hydrogen (secondary N) is 1. The van der Waals surface area contributed by atoms with Crippen molar-refractivity contribution in [3.63, 3.8) is 0 Å². The van der Waals surface area contributed by atoms with Crippen molar-refractivity contribution in [3.05, 3.63) is 35.4 Å². The zero-order valence-corrected chi connectivity index (χ0v) is 10.5. The van der Waals surface area contributed by atoms with Crippen LogP contribution >= 0.6 is 0 Å². The van der Waals surface area contributed by atoms with Crippen LogP contribution in [-0.4, -0.2) is 17.8 Å². The molecule has 0 saturated heterocycles. The molecule has 0 aliphatic carbocycles. The van der Waals surface area contributed by atoms with E-state index in [4.69, 9.17) is 0 Å². The van der Waals surface area contributed by atoms with Crippen LogP contribution < -0.4 is 5.32 Å². The summed E-state index contributed by atoms with van der Waals surface area (Å²) in [4.78, 5) is 0. The first-order chi connectivity index (χ1) is 7.61. The fourth-order valence-corrected chi connectivity index (χ4v) is 1.61. The Bertz CT molecular complexity index is 309. The Balaban J connectivity index is 2.24. The molecule has 0 aliphatic rings. The average molecular weight is 221 g/mol. The SMILES string of the molecule is Cc1ccccc1CNCCC(O)C(C)C. The van der Waals surface area contributed by atoms with Gasteiger partial charge < -0.3 is 10.4 Å². The van der Waals surface area contributed by atoms with Gasteiger partial charge in [-0.1, -0.05) is 38.1 Å². The summed E-state index contributed by atoms with van der Waals surface area (Å²) in [6.45, 7) is 7.98. The number of rotatable bonds is 6. The number of aryl methyl sites for hydroxylation is 1. The number of hydrogen-bond donors (Lipinski definition) is 2. The van der Waals surface area contributed by atoms with Gasteiger partial charge in [0.1, 0.15) is 0 Å². The predicted octanol–water partition coefficient (Wildman–Crippen LogP) is 2.49. The molecule has 2 N–H and O–H groups in total. The van der Waals surface area contributed by atoms with Gasteiger partial charge in [0, 0.05) is 6.54 Å². The summed E-state index contributed by atoms with van der Waals surface area (Å²) in [6, 6.07) is 8.38. The topological polar surface area (TPSA) is 32.3 Å². The highest BCUT2D eigenvalue weighted by atomic mass is 16.3. The highest BCUT2D eigenvalue weighted by molar-refractivity contribution is 5.25. The van der Waals surface area contributed by atoms with E-state index in [1.807, 2.05) is 13.8 Å². The molecule has 1 aromatic carbocycles. The van der Waals surface area contributed by atoms with E-state index in [1.54, 1.807) is 0 Å². The van der Waals surface area contributed by atoms with Gasteiger partial charge >= 0.3 is 0 Å². The summed E-state index contributed by atoms with van der Waals surface area (Å²) < 4.78 is 0. The van der Waals surface area contributed by atoms with Crippen molar-refractivity contribution < 1.29 is 5.11 Å². The Hall–Kier alpha value is -0.860. The van der Waals surface area contributed by atoms with Crippen LogP contribution in [0.15, 0.2) is 24.3 Å². The molecule has 2 heteroatoms. The molecule has 0 amide bonds. The third-order valence-electron chi connectivity index (χ3n) is 2.96. The first-order valence-electron chi connectivity index (χ1n) is 6.04. The van der Waals surface area contributed by atoms with Crippen molar-refractivity contribution in [1.29, 1.82) is 0 Å². The van der Waals surface area contributed by atoms with Gasteiger partial charge in [0.25, 0.3) is 0 Å². The average Bonchev–Trinajstić information content (AvgIpc) is 2.26. The summed E-state index contributed by atoms with van der Waals surface area (Å²) in [5.74, 6) is 0.347. The van der Waals surface area contributed by atoms with Crippen molar-refractivity contribution in [1.82, 2.24) is 5.32 Å². The maximum Gasteiger partial charge on any atom is 0.0575 e. The van der Waals surface area contributed by atoms with E-state index in [9.17, 15) is 5.11 Å². The lowest BCUT2D eigenvalue weighted by molar-refractivity contribution is 0.116. The van der Waals surface area contributed by atoms with Gasteiger partial charge in [0.05, 0.1) is 6.10 Å². The molecule has 0 radical (unpaired) electrons. The molecule has 1 rings (SSSR count). The van der Waals surface area contributed by atoms with Gasteiger partial charge in [-0.15, -0.1) is 0 Å². The largest absolute Gasteiger partial charge is 0.393 e. The fraction of sp³-hybridized carbons (Fsp3) is 0.571. The zero-order chi connectivity index (χ0) is 12.0. The van der Waals surface area contributed by atoms with Gasteiger partial charge in [0.15, 0.2) is 0 Å². The molecule has 1 aromatic rings. The second-order valence-corrected chi connectivity index (χ2v) is 4.70. The van der Waals surface area contributed by atoms with Crippen LogP contribution in [-0.2, 0) is 6.54 Å². The van der Waals surface area contributed by atoms with Gasteiger partial charge in [0.2, 0.25) is 0 Å². The highest BCUT2D eigenvalue weighted by Gasteiger charge is 2.07. The van der Waals surface area contributed by atoms with E-state index in [1.165, 1.54) is 11.1 Å².